The van der Waals surface area contributed by atoms with Crippen molar-refractivity contribution in [2.75, 3.05) is 0 Å². The smallest absolute Gasteiger partial charge is 0.317 e. The minimum Gasteiger partial charge on any atom is -0.317 e. The van der Waals surface area contributed by atoms with Crippen molar-refractivity contribution in [1.29, 1.82) is 0 Å². The molecule has 0 spiro atoms. The molecule has 1 aromatic heterocycles. The molecule has 6 heteroatoms. The number of aryl methyl sites for hydroxylation is 1. The lowest BCUT2D eigenvalue weighted by atomic mass is 9.76. The van der Waals surface area contributed by atoms with E-state index in [2.05, 4.69) is 0 Å². The monoisotopic (exact) mass is 339 g/mol. The third-order valence-electron chi connectivity index (χ3n) is 4.39. The molecule has 0 amide bonds. The highest BCUT2D eigenvalue weighted by Crippen LogP contribution is 2.39. The van der Waals surface area contributed by atoms with Gasteiger partial charge in [-0.15, -0.1) is 0 Å². The molecule has 0 aliphatic heterocycles. The fourth-order valence-corrected chi connectivity index (χ4v) is 3.38. The number of nitrogens with zero attached hydrogens (tertiary/aromatic N) is 1. The van der Waals surface area contributed by atoms with E-state index in [0.717, 1.165) is 12.1 Å². The number of ketones is 1. The third kappa shape index (κ3) is 2.74. The number of hydrogen-bond donors (Lipinski definition) is 0. The van der Waals surface area contributed by atoms with Crippen LogP contribution in [0.1, 0.15) is 47.6 Å². The second-order valence-corrected chi connectivity index (χ2v) is 7.08. The van der Waals surface area contributed by atoms with E-state index in [0.29, 0.717) is 29.8 Å². The number of carbonyl (C=O) groups is 1. The molecule has 1 aliphatic carbocycles. The van der Waals surface area contributed by atoms with E-state index < -0.39 is 17.6 Å². The first-order valence-electron chi connectivity index (χ1n) is 7.61. The summed E-state index contributed by atoms with van der Waals surface area (Å²) in [7, 11) is 0. The van der Waals surface area contributed by atoms with Crippen LogP contribution in [0.5, 0.6) is 0 Å². The molecular formula is C18H17F4NO. The van der Waals surface area contributed by atoms with Crippen LogP contribution >= 0.6 is 0 Å². The summed E-state index contributed by atoms with van der Waals surface area (Å²) in [5.41, 5.74) is 0.541. The van der Waals surface area contributed by atoms with Crippen LogP contribution in [0.15, 0.2) is 24.3 Å². The van der Waals surface area contributed by atoms with Crippen LogP contribution in [-0.4, -0.2) is 10.4 Å². The maximum absolute atomic E-state index is 13.5. The van der Waals surface area contributed by atoms with Crippen LogP contribution < -0.4 is 0 Å². The fourth-order valence-electron chi connectivity index (χ4n) is 3.38. The maximum Gasteiger partial charge on any atom is 0.419 e. The van der Waals surface area contributed by atoms with Gasteiger partial charge in [0.15, 0.2) is 5.78 Å². The Labute approximate surface area is 137 Å². The van der Waals surface area contributed by atoms with Gasteiger partial charge in [0.2, 0.25) is 0 Å². The first-order valence-corrected chi connectivity index (χ1v) is 7.61. The summed E-state index contributed by atoms with van der Waals surface area (Å²) >= 11 is 0. The zero-order chi connectivity index (χ0) is 17.9. The van der Waals surface area contributed by atoms with Crippen molar-refractivity contribution in [3.8, 4) is 5.69 Å². The molecule has 0 saturated carbocycles. The Hall–Kier alpha value is -2.11. The molecule has 0 unspecified atom stereocenters. The molecule has 0 atom stereocenters. The first-order chi connectivity index (χ1) is 11.0. The van der Waals surface area contributed by atoms with E-state index in [4.69, 9.17) is 0 Å². The molecule has 0 bridgehead atoms. The van der Waals surface area contributed by atoms with Crippen molar-refractivity contribution >= 4 is 5.78 Å². The highest BCUT2D eigenvalue weighted by molar-refractivity contribution is 5.99. The number of Topliss-reactive ketones (excluding diaryl/α,β-unsaturated/α-hetero) is 1. The van der Waals surface area contributed by atoms with Gasteiger partial charge < -0.3 is 4.57 Å². The fraction of sp³-hybridized carbons (Fsp3) is 0.389. The molecule has 1 aromatic carbocycles. The third-order valence-corrected chi connectivity index (χ3v) is 4.39. The molecule has 24 heavy (non-hydrogen) atoms. The number of halogens is 4. The average Bonchev–Trinajstić information content (AvgIpc) is 2.74. The summed E-state index contributed by atoms with van der Waals surface area (Å²) in [5.74, 6) is -1.32. The van der Waals surface area contributed by atoms with Gasteiger partial charge in [-0.1, -0.05) is 13.8 Å². The summed E-state index contributed by atoms with van der Waals surface area (Å²) in [6.45, 7) is 5.63. The second kappa shape index (κ2) is 5.19. The Kier molecular flexibility index (Phi) is 3.62. The van der Waals surface area contributed by atoms with Gasteiger partial charge >= 0.3 is 6.18 Å². The molecule has 0 fully saturated rings. The molecular weight excluding hydrogens is 322 g/mol. The first kappa shape index (κ1) is 16.7. The molecule has 2 nitrogen and oxygen atoms in total. The molecule has 1 aliphatic rings. The maximum atomic E-state index is 13.5. The van der Waals surface area contributed by atoms with E-state index >= 15 is 0 Å². The van der Waals surface area contributed by atoms with Gasteiger partial charge in [-0.05, 0) is 43.0 Å². The predicted molar refractivity (Wildman–Crippen MR) is 81.9 cm³/mol. The lowest BCUT2D eigenvalue weighted by molar-refractivity contribution is -0.140. The van der Waals surface area contributed by atoms with Crippen LogP contribution in [0.25, 0.3) is 5.69 Å². The quantitative estimate of drug-likeness (QED) is 0.663. The van der Waals surface area contributed by atoms with Gasteiger partial charge in [-0.3, -0.25) is 4.79 Å². The standard InChI is InChI=1S/C18H17F4NO/c1-10-6-12-15(8-17(2,3)9-16(12)24)23(10)11-4-5-14(19)13(7-11)18(20,21)22/h4-7H,8-9H2,1-3H3. The number of hydrogen-bond acceptors (Lipinski definition) is 1. The van der Waals surface area contributed by atoms with Crippen LogP contribution in [0, 0.1) is 18.2 Å². The van der Waals surface area contributed by atoms with Gasteiger partial charge in [0.05, 0.1) is 5.56 Å². The topological polar surface area (TPSA) is 22.0 Å². The molecule has 3 rings (SSSR count). The number of rotatable bonds is 1. The zero-order valence-corrected chi connectivity index (χ0v) is 13.6. The number of fused-ring (bicyclic) bond motifs is 1. The van der Waals surface area contributed by atoms with Crippen molar-refractivity contribution in [1.82, 2.24) is 4.57 Å². The molecule has 0 radical (unpaired) electrons. The summed E-state index contributed by atoms with van der Waals surface area (Å²) in [5, 5.41) is 0. The van der Waals surface area contributed by atoms with Gasteiger partial charge in [0, 0.05) is 29.1 Å². The Balaban J connectivity index is 2.21. The molecule has 0 saturated heterocycles. The summed E-state index contributed by atoms with van der Waals surface area (Å²) in [4.78, 5) is 12.3. The lowest BCUT2D eigenvalue weighted by Crippen LogP contribution is -2.27. The lowest BCUT2D eigenvalue weighted by Gasteiger charge is -2.30. The highest BCUT2D eigenvalue weighted by Gasteiger charge is 2.36. The SMILES string of the molecule is Cc1cc2c(n1-c1ccc(F)c(C(F)(F)F)c1)CC(C)(C)CC2=O. The van der Waals surface area contributed by atoms with Crippen molar-refractivity contribution in [2.24, 2.45) is 5.41 Å². The Morgan fingerprint density at radius 2 is 1.79 bits per heavy atom. The van der Waals surface area contributed by atoms with Crippen LogP contribution in [0.4, 0.5) is 17.6 Å². The van der Waals surface area contributed by atoms with Gasteiger partial charge in [0.1, 0.15) is 5.82 Å². The minimum absolute atomic E-state index is 0.0127. The van der Waals surface area contributed by atoms with Crippen molar-refractivity contribution in [2.45, 2.75) is 39.8 Å². The Morgan fingerprint density at radius 1 is 1.12 bits per heavy atom. The van der Waals surface area contributed by atoms with E-state index in [-0.39, 0.29) is 16.9 Å². The van der Waals surface area contributed by atoms with E-state index in [9.17, 15) is 22.4 Å². The normalized spacial score (nSPS) is 17.0. The van der Waals surface area contributed by atoms with E-state index in [1.807, 2.05) is 13.8 Å². The van der Waals surface area contributed by atoms with Gasteiger partial charge in [-0.25, -0.2) is 4.39 Å². The highest BCUT2D eigenvalue weighted by atomic mass is 19.4. The van der Waals surface area contributed by atoms with Crippen molar-refractivity contribution in [3.05, 3.63) is 52.6 Å². The summed E-state index contributed by atoms with van der Waals surface area (Å²) in [6.07, 6.45) is -3.79. The second-order valence-electron chi connectivity index (χ2n) is 7.08. The van der Waals surface area contributed by atoms with Gasteiger partial charge in [-0.2, -0.15) is 13.2 Å². The van der Waals surface area contributed by atoms with Crippen LogP contribution in [-0.2, 0) is 12.6 Å². The Bertz CT molecular complexity index is 830. The molecule has 1 heterocycles. The van der Waals surface area contributed by atoms with Gasteiger partial charge in [0.25, 0.3) is 0 Å². The van der Waals surface area contributed by atoms with Crippen molar-refractivity contribution in [3.63, 3.8) is 0 Å². The zero-order valence-electron chi connectivity index (χ0n) is 13.6. The number of benzene rings is 1. The number of aromatic nitrogens is 1. The summed E-state index contributed by atoms with van der Waals surface area (Å²) < 4.78 is 54.2. The largest absolute Gasteiger partial charge is 0.419 e. The van der Waals surface area contributed by atoms with Crippen LogP contribution in [0.3, 0.4) is 0 Å². The van der Waals surface area contributed by atoms with Crippen LogP contribution in [0.2, 0.25) is 0 Å². The summed E-state index contributed by atoms with van der Waals surface area (Å²) in [6, 6.07) is 4.63. The minimum atomic E-state index is -4.77. The number of carbonyl (C=O) groups excluding carboxylic acids is 1. The molecule has 0 N–H and O–H groups in total. The van der Waals surface area contributed by atoms with E-state index in [1.54, 1.807) is 17.6 Å². The predicted octanol–water partition coefficient (Wildman–Crippen LogP) is 5.10. The van der Waals surface area contributed by atoms with Crippen molar-refractivity contribution < 1.29 is 22.4 Å². The molecule has 2 aromatic rings. The Morgan fingerprint density at radius 3 is 2.42 bits per heavy atom. The molecule has 128 valence electrons. The average molecular weight is 339 g/mol. The number of alkyl halides is 3. The van der Waals surface area contributed by atoms with E-state index in [1.165, 1.54) is 6.07 Å².